The number of ether oxygens (including phenoxy) is 2. The minimum absolute atomic E-state index is 0.131. The number of benzene rings is 1. The second-order valence-corrected chi connectivity index (χ2v) is 7.01. The van der Waals surface area contributed by atoms with Gasteiger partial charge in [0.1, 0.15) is 11.4 Å². The zero-order valence-electron chi connectivity index (χ0n) is 16.5. The van der Waals surface area contributed by atoms with Gasteiger partial charge in [0.05, 0.1) is 24.8 Å². The molecule has 1 aromatic heterocycles. The monoisotopic (exact) mass is 370 g/mol. The fourth-order valence-corrected chi connectivity index (χ4v) is 3.74. The van der Waals surface area contributed by atoms with Crippen molar-refractivity contribution in [3.63, 3.8) is 0 Å². The average molecular weight is 370 g/mol. The van der Waals surface area contributed by atoms with E-state index in [1.54, 1.807) is 20.8 Å². The Bertz CT molecular complexity index is 898. The van der Waals surface area contributed by atoms with Gasteiger partial charge in [0.2, 0.25) is 0 Å². The molecular formula is C21H26N2O4. The number of esters is 1. The van der Waals surface area contributed by atoms with Crippen LogP contribution in [0.1, 0.15) is 68.2 Å². The van der Waals surface area contributed by atoms with Crippen molar-refractivity contribution in [2.45, 2.75) is 47.1 Å². The lowest BCUT2D eigenvalue weighted by Gasteiger charge is -2.28. The summed E-state index contributed by atoms with van der Waals surface area (Å²) in [6.45, 7) is 10.2. The van der Waals surface area contributed by atoms with E-state index in [1.165, 1.54) is 0 Å². The van der Waals surface area contributed by atoms with Crippen molar-refractivity contribution >= 4 is 11.9 Å². The fourth-order valence-electron chi connectivity index (χ4n) is 3.74. The Morgan fingerprint density at radius 1 is 1.26 bits per heavy atom. The first-order chi connectivity index (χ1) is 12.8. The number of rotatable bonds is 4. The zero-order chi connectivity index (χ0) is 19.7. The molecule has 0 spiro atoms. The van der Waals surface area contributed by atoms with Crippen LogP contribution in [-0.4, -0.2) is 30.1 Å². The van der Waals surface area contributed by atoms with E-state index in [-0.39, 0.29) is 11.9 Å². The number of aromatic nitrogens is 1. The molecule has 1 aliphatic heterocycles. The van der Waals surface area contributed by atoms with Gasteiger partial charge >= 0.3 is 5.97 Å². The fraction of sp³-hybridized carbons (Fsp3) is 0.429. The van der Waals surface area contributed by atoms with Gasteiger partial charge in [0.25, 0.3) is 5.91 Å². The molecule has 1 unspecified atom stereocenters. The van der Waals surface area contributed by atoms with E-state index in [9.17, 15) is 9.59 Å². The molecule has 2 heterocycles. The minimum Gasteiger partial charge on any atom is -0.493 e. The van der Waals surface area contributed by atoms with Crippen LogP contribution in [0.4, 0.5) is 0 Å². The summed E-state index contributed by atoms with van der Waals surface area (Å²) in [5.74, 6) is 0.206. The number of fused-ring (bicyclic) bond motifs is 1. The lowest BCUT2D eigenvalue weighted by Crippen LogP contribution is -2.33. The number of aryl methyl sites for hydroxylation is 3. The maximum atomic E-state index is 12.9. The van der Waals surface area contributed by atoms with Crippen molar-refractivity contribution in [3.05, 3.63) is 51.3 Å². The van der Waals surface area contributed by atoms with Crippen LogP contribution < -0.4 is 10.1 Å². The number of amides is 1. The van der Waals surface area contributed by atoms with Crippen molar-refractivity contribution in [3.8, 4) is 5.75 Å². The largest absolute Gasteiger partial charge is 0.493 e. The highest BCUT2D eigenvalue weighted by molar-refractivity contribution is 6.00. The number of hydrogen-bond acceptors (Lipinski definition) is 4. The first kappa shape index (κ1) is 19.0. The van der Waals surface area contributed by atoms with Crippen molar-refractivity contribution in [1.29, 1.82) is 0 Å². The van der Waals surface area contributed by atoms with E-state index in [4.69, 9.17) is 9.47 Å². The summed E-state index contributed by atoms with van der Waals surface area (Å²) >= 11 is 0. The van der Waals surface area contributed by atoms with Gasteiger partial charge in [0.15, 0.2) is 0 Å². The summed E-state index contributed by atoms with van der Waals surface area (Å²) in [6, 6.07) is 4.00. The van der Waals surface area contributed by atoms with E-state index in [0.29, 0.717) is 42.1 Å². The van der Waals surface area contributed by atoms with Crippen molar-refractivity contribution in [1.82, 2.24) is 10.3 Å². The van der Waals surface area contributed by atoms with E-state index in [2.05, 4.69) is 22.4 Å². The molecule has 0 saturated heterocycles. The highest BCUT2D eigenvalue weighted by Gasteiger charge is 2.28. The van der Waals surface area contributed by atoms with Crippen LogP contribution in [-0.2, 0) is 4.74 Å². The van der Waals surface area contributed by atoms with Gasteiger partial charge in [-0.25, -0.2) is 4.79 Å². The molecule has 6 heteroatoms. The minimum atomic E-state index is -0.412. The topological polar surface area (TPSA) is 80.4 Å². The summed E-state index contributed by atoms with van der Waals surface area (Å²) in [4.78, 5) is 28.1. The summed E-state index contributed by atoms with van der Waals surface area (Å²) in [5.41, 5.74) is 5.27. The number of nitrogens with one attached hydrogen (secondary N) is 2. The number of hydrogen-bond donors (Lipinski definition) is 2. The Morgan fingerprint density at radius 3 is 2.70 bits per heavy atom. The highest BCUT2D eigenvalue weighted by atomic mass is 16.5. The van der Waals surface area contributed by atoms with E-state index < -0.39 is 5.97 Å². The Balaban J connectivity index is 1.88. The lowest BCUT2D eigenvalue weighted by atomic mass is 9.95. The first-order valence-electron chi connectivity index (χ1n) is 9.24. The summed E-state index contributed by atoms with van der Waals surface area (Å²) in [5, 5.41) is 3.10. The van der Waals surface area contributed by atoms with E-state index >= 15 is 0 Å². The maximum absolute atomic E-state index is 12.9. The van der Waals surface area contributed by atoms with Gasteiger partial charge < -0.3 is 19.8 Å². The summed E-state index contributed by atoms with van der Waals surface area (Å²) < 4.78 is 10.9. The summed E-state index contributed by atoms with van der Waals surface area (Å²) in [7, 11) is 0. The predicted octanol–water partition coefficient (Wildman–Crippen LogP) is 3.68. The molecule has 1 aromatic carbocycles. The van der Waals surface area contributed by atoms with Gasteiger partial charge in [-0.2, -0.15) is 0 Å². The highest BCUT2D eigenvalue weighted by Crippen LogP contribution is 2.36. The Hall–Kier alpha value is -2.76. The quantitative estimate of drug-likeness (QED) is 0.805. The van der Waals surface area contributed by atoms with Crippen LogP contribution in [0.3, 0.4) is 0 Å². The Morgan fingerprint density at radius 2 is 2.00 bits per heavy atom. The summed E-state index contributed by atoms with van der Waals surface area (Å²) in [6.07, 6.45) is 0.700. The molecule has 144 valence electrons. The molecule has 3 rings (SSSR count). The third-order valence-electron chi connectivity index (χ3n) is 4.93. The number of aromatic amines is 1. The average Bonchev–Trinajstić information content (AvgIpc) is 2.90. The molecule has 6 nitrogen and oxygen atoms in total. The molecule has 1 atom stereocenters. The second kappa shape index (κ2) is 7.47. The number of H-pyrrole nitrogens is 1. The molecular weight excluding hydrogens is 344 g/mol. The molecule has 2 aromatic rings. The number of carbonyl (C=O) groups excluding carboxylic acids is 2. The smallest absolute Gasteiger partial charge is 0.340 e. The maximum Gasteiger partial charge on any atom is 0.340 e. The Kier molecular flexibility index (Phi) is 5.26. The third-order valence-corrected chi connectivity index (χ3v) is 4.93. The van der Waals surface area contributed by atoms with Crippen LogP contribution in [0, 0.1) is 27.7 Å². The van der Waals surface area contributed by atoms with E-state index in [1.807, 2.05) is 13.8 Å². The molecule has 0 saturated carbocycles. The van der Waals surface area contributed by atoms with Crippen molar-refractivity contribution < 1.29 is 19.1 Å². The normalized spacial score (nSPS) is 15.7. The van der Waals surface area contributed by atoms with E-state index in [0.717, 1.165) is 22.4 Å². The molecule has 1 amide bonds. The van der Waals surface area contributed by atoms with Crippen LogP contribution in [0.15, 0.2) is 12.1 Å². The molecule has 0 radical (unpaired) electrons. The van der Waals surface area contributed by atoms with Crippen LogP contribution in [0.25, 0.3) is 0 Å². The van der Waals surface area contributed by atoms with Gasteiger partial charge in [-0.1, -0.05) is 17.7 Å². The SMILES string of the molecule is CCOC(=O)c1c(C)[nH]c(C(=O)NC2CCOc3c(C)cc(C)cc32)c1C. The van der Waals surface area contributed by atoms with Crippen molar-refractivity contribution in [2.24, 2.45) is 0 Å². The first-order valence-corrected chi connectivity index (χ1v) is 9.24. The van der Waals surface area contributed by atoms with Gasteiger partial charge in [-0.15, -0.1) is 0 Å². The Labute approximate surface area is 159 Å². The second-order valence-electron chi connectivity index (χ2n) is 7.01. The molecule has 2 N–H and O–H groups in total. The molecule has 0 bridgehead atoms. The molecule has 0 fully saturated rings. The van der Waals surface area contributed by atoms with Gasteiger partial charge in [0, 0.05) is 17.7 Å². The van der Waals surface area contributed by atoms with Crippen LogP contribution >= 0.6 is 0 Å². The van der Waals surface area contributed by atoms with Crippen molar-refractivity contribution in [2.75, 3.05) is 13.2 Å². The zero-order valence-corrected chi connectivity index (χ0v) is 16.5. The third kappa shape index (κ3) is 3.56. The van der Waals surface area contributed by atoms with Gasteiger partial charge in [-0.05, 0) is 45.7 Å². The standard InChI is InChI=1S/C21H26N2O4/c1-6-26-21(25)17-13(4)18(22-14(17)5)20(24)23-16-7-8-27-19-12(3)9-11(2)10-15(16)19/h9-10,16,22H,6-8H2,1-5H3,(H,23,24). The predicted molar refractivity (Wildman–Crippen MR) is 102 cm³/mol. The lowest BCUT2D eigenvalue weighted by molar-refractivity contribution is 0.0525. The molecule has 27 heavy (non-hydrogen) atoms. The van der Waals surface area contributed by atoms with Crippen LogP contribution in [0.5, 0.6) is 5.75 Å². The molecule has 1 aliphatic rings. The van der Waals surface area contributed by atoms with Gasteiger partial charge in [-0.3, -0.25) is 4.79 Å². The van der Waals surface area contributed by atoms with Crippen LogP contribution in [0.2, 0.25) is 0 Å². The number of carbonyl (C=O) groups is 2. The molecule has 0 aliphatic carbocycles.